The number of nitrogens with two attached hydrogens (primary N) is 1. The quantitative estimate of drug-likeness (QED) is 0.836. The highest BCUT2D eigenvalue weighted by molar-refractivity contribution is 6.05. The minimum absolute atomic E-state index is 0.150. The zero-order valence-electron chi connectivity index (χ0n) is 12.0. The van der Waals surface area contributed by atoms with E-state index in [1.807, 2.05) is 0 Å². The second-order valence-electron chi connectivity index (χ2n) is 4.54. The van der Waals surface area contributed by atoms with Crippen molar-refractivity contribution in [3.8, 4) is 0 Å². The van der Waals surface area contributed by atoms with Gasteiger partial charge in [0.1, 0.15) is 11.4 Å². The summed E-state index contributed by atoms with van der Waals surface area (Å²) in [7, 11) is 0. The molecule has 0 saturated heterocycles. The summed E-state index contributed by atoms with van der Waals surface area (Å²) in [4.78, 5) is 21.4. The van der Waals surface area contributed by atoms with Crippen LogP contribution in [0.1, 0.15) is 16.1 Å². The first-order chi connectivity index (χ1) is 11.3. The number of halogens is 3. The molecule has 0 bridgehead atoms. The number of nitrogens with zero attached hydrogens (tertiary/aromatic N) is 3. The predicted molar refractivity (Wildman–Crippen MR) is 80.7 cm³/mol. The van der Waals surface area contributed by atoms with Crippen molar-refractivity contribution in [2.24, 2.45) is 10.7 Å². The fraction of sp³-hybridized carbons (Fsp3) is 0.0667. The van der Waals surface area contributed by atoms with Crippen molar-refractivity contribution >= 4 is 23.1 Å². The first-order valence-corrected chi connectivity index (χ1v) is 6.50. The van der Waals surface area contributed by atoms with Gasteiger partial charge in [0.15, 0.2) is 0 Å². The Morgan fingerprint density at radius 1 is 1.25 bits per heavy atom. The van der Waals surface area contributed by atoms with Crippen LogP contribution in [-0.4, -0.2) is 32.9 Å². The van der Waals surface area contributed by atoms with E-state index in [0.29, 0.717) is 11.6 Å². The van der Waals surface area contributed by atoms with Crippen LogP contribution in [0.3, 0.4) is 0 Å². The first kappa shape index (κ1) is 17.1. The van der Waals surface area contributed by atoms with Crippen LogP contribution in [0.5, 0.6) is 0 Å². The SMILES string of the molecule is NC(=CC(=Nc1ccc(C(=O)O)nc1)C(F)(F)F)c1cccnc1. The number of rotatable bonds is 4. The molecule has 0 unspecified atom stereocenters. The lowest BCUT2D eigenvalue weighted by Crippen LogP contribution is -2.22. The molecule has 0 aliphatic carbocycles. The van der Waals surface area contributed by atoms with Crippen LogP contribution in [0.15, 0.2) is 53.9 Å². The van der Waals surface area contributed by atoms with Gasteiger partial charge < -0.3 is 10.8 Å². The lowest BCUT2D eigenvalue weighted by Gasteiger charge is -2.08. The highest BCUT2D eigenvalue weighted by Gasteiger charge is 2.34. The van der Waals surface area contributed by atoms with Crippen molar-refractivity contribution < 1.29 is 23.1 Å². The van der Waals surface area contributed by atoms with Crippen molar-refractivity contribution in [1.29, 1.82) is 0 Å². The number of aromatic carboxylic acids is 1. The molecule has 0 saturated carbocycles. The van der Waals surface area contributed by atoms with Gasteiger partial charge in [-0.05, 0) is 30.3 Å². The molecule has 0 aliphatic rings. The molecule has 2 aromatic rings. The van der Waals surface area contributed by atoms with E-state index in [1.54, 1.807) is 0 Å². The van der Waals surface area contributed by atoms with Crippen molar-refractivity contribution in [3.63, 3.8) is 0 Å². The molecule has 124 valence electrons. The first-order valence-electron chi connectivity index (χ1n) is 6.50. The maximum atomic E-state index is 13.1. The summed E-state index contributed by atoms with van der Waals surface area (Å²) in [5.74, 6) is -1.29. The second kappa shape index (κ2) is 6.90. The van der Waals surface area contributed by atoms with E-state index in [2.05, 4.69) is 15.0 Å². The number of carboxylic acids is 1. The van der Waals surface area contributed by atoms with E-state index in [1.165, 1.54) is 24.5 Å². The third-order valence-electron chi connectivity index (χ3n) is 2.79. The summed E-state index contributed by atoms with van der Waals surface area (Å²) in [6.07, 6.45) is -0.349. The van der Waals surface area contributed by atoms with Crippen LogP contribution < -0.4 is 5.73 Å². The molecule has 0 atom stereocenters. The van der Waals surface area contributed by atoms with Gasteiger partial charge in [0.2, 0.25) is 0 Å². The Morgan fingerprint density at radius 2 is 2.00 bits per heavy atom. The van der Waals surface area contributed by atoms with Crippen LogP contribution in [0.4, 0.5) is 18.9 Å². The highest BCUT2D eigenvalue weighted by atomic mass is 19.4. The zero-order chi connectivity index (χ0) is 17.7. The summed E-state index contributed by atoms with van der Waals surface area (Å²) < 4.78 is 39.4. The summed E-state index contributed by atoms with van der Waals surface area (Å²) >= 11 is 0. The second-order valence-corrected chi connectivity index (χ2v) is 4.54. The molecule has 6 nitrogen and oxygen atoms in total. The number of carboxylic acid groups (broad SMARTS) is 1. The van der Waals surface area contributed by atoms with Gasteiger partial charge in [-0.15, -0.1) is 0 Å². The molecular weight excluding hydrogens is 325 g/mol. The summed E-state index contributed by atoms with van der Waals surface area (Å²) in [6.45, 7) is 0. The smallest absolute Gasteiger partial charge is 0.433 e. The Bertz CT molecular complexity index is 785. The lowest BCUT2D eigenvalue weighted by molar-refractivity contribution is -0.0576. The molecule has 0 spiro atoms. The fourth-order valence-electron chi connectivity index (χ4n) is 1.66. The molecule has 2 aromatic heterocycles. The van der Waals surface area contributed by atoms with Crippen molar-refractivity contribution in [3.05, 3.63) is 60.2 Å². The van der Waals surface area contributed by atoms with Gasteiger partial charge >= 0.3 is 12.1 Å². The molecule has 2 heterocycles. The minimum Gasteiger partial charge on any atom is -0.477 e. The Hall–Kier alpha value is -3.23. The van der Waals surface area contributed by atoms with Gasteiger partial charge in [0.05, 0.1) is 11.9 Å². The van der Waals surface area contributed by atoms with E-state index in [-0.39, 0.29) is 17.1 Å². The molecule has 0 radical (unpaired) electrons. The largest absolute Gasteiger partial charge is 0.477 e. The third-order valence-corrected chi connectivity index (χ3v) is 2.79. The van der Waals surface area contributed by atoms with Gasteiger partial charge in [-0.1, -0.05) is 0 Å². The van der Waals surface area contributed by atoms with Crippen LogP contribution in [0, 0.1) is 0 Å². The number of pyridine rings is 2. The Labute approximate surface area is 134 Å². The Kier molecular flexibility index (Phi) is 4.93. The molecule has 0 aliphatic heterocycles. The van der Waals surface area contributed by atoms with Crippen molar-refractivity contribution in [1.82, 2.24) is 9.97 Å². The van der Waals surface area contributed by atoms with E-state index < -0.39 is 17.9 Å². The topological polar surface area (TPSA) is 101 Å². The van der Waals surface area contributed by atoms with E-state index in [4.69, 9.17) is 10.8 Å². The third kappa shape index (κ3) is 4.38. The monoisotopic (exact) mass is 336 g/mol. The number of carbonyl (C=O) groups is 1. The van der Waals surface area contributed by atoms with E-state index >= 15 is 0 Å². The fourth-order valence-corrected chi connectivity index (χ4v) is 1.66. The van der Waals surface area contributed by atoms with Gasteiger partial charge in [-0.3, -0.25) is 4.98 Å². The number of hydrogen-bond acceptors (Lipinski definition) is 5. The van der Waals surface area contributed by atoms with Gasteiger partial charge in [0.25, 0.3) is 0 Å². The minimum atomic E-state index is -4.75. The number of hydrogen-bond donors (Lipinski definition) is 2. The average Bonchev–Trinajstić information content (AvgIpc) is 2.54. The van der Waals surface area contributed by atoms with Crippen LogP contribution in [0.2, 0.25) is 0 Å². The predicted octanol–water partition coefficient (Wildman–Crippen LogP) is 2.81. The molecule has 24 heavy (non-hydrogen) atoms. The molecule has 2 rings (SSSR count). The van der Waals surface area contributed by atoms with Crippen LogP contribution in [-0.2, 0) is 0 Å². The maximum Gasteiger partial charge on any atom is 0.433 e. The summed E-state index contributed by atoms with van der Waals surface area (Å²) in [5, 5.41) is 8.72. The molecular formula is C15H11F3N4O2. The van der Waals surface area contributed by atoms with Gasteiger partial charge in [0, 0.05) is 23.7 Å². The number of allylic oxidation sites excluding steroid dienone is 1. The average molecular weight is 336 g/mol. The molecule has 0 aromatic carbocycles. The standard InChI is InChI=1S/C15H11F3N4O2/c16-15(17,18)13(6-11(19)9-2-1-5-20-7-9)22-10-3-4-12(14(23)24)21-8-10/h1-8H,19H2,(H,23,24). The molecule has 0 amide bonds. The van der Waals surface area contributed by atoms with Gasteiger partial charge in [-0.25, -0.2) is 14.8 Å². The number of aromatic nitrogens is 2. The highest BCUT2D eigenvalue weighted by Crippen LogP contribution is 2.23. The van der Waals surface area contributed by atoms with Crippen molar-refractivity contribution in [2.75, 3.05) is 0 Å². The van der Waals surface area contributed by atoms with E-state index in [0.717, 1.165) is 18.3 Å². The normalized spacial score (nSPS) is 13.0. The molecule has 9 heteroatoms. The zero-order valence-corrected chi connectivity index (χ0v) is 12.0. The van der Waals surface area contributed by atoms with Crippen molar-refractivity contribution in [2.45, 2.75) is 6.18 Å². The van der Waals surface area contributed by atoms with E-state index in [9.17, 15) is 18.0 Å². The Morgan fingerprint density at radius 3 is 2.50 bits per heavy atom. The van der Waals surface area contributed by atoms with Crippen LogP contribution in [0.25, 0.3) is 5.70 Å². The number of alkyl halides is 3. The molecule has 3 N–H and O–H groups in total. The van der Waals surface area contributed by atoms with Gasteiger partial charge in [-0.2, -0.15) is 13.2 Å². The maximum absolute atomic E-state index is 13.1. The van der Waals surface area contributed by atoms with Crippen LogP contribution >= 0.6 is 0 Å². The summed E-state index contributed by atoms with van der Waals surface area (Å²) in [6, 6.07) is 5.23. The Balaban J connectivity index is 2.40. The number of aliphatic imine (C=N–C) groups is 1. The molecule has 0 fully saturated rings. The summed E-state index contributed by atoms with van der Waals surface area (Å²) in [5.41, 5.74) is 4.12. The lowest BCUT2D eigenvalue weighted by atomic mass is 10.1.